The molecule has 4 aliphatic rings. The molecule has 4 rings (SSSR count). The summed E-state index contributed by atoms with van der Waals surface area (Å²) < 4.78 is 0. The molecule has 0 aromatic carbocycles. The van der Waals surface area contributed by atoms with E-state index in [9.17, 15) is 5.11 Å². The van der Waals surface area contributed by atoms with Gasteiger partial charge in [0.15, 0.2) is 0 Å². The Kier molecular flexibility index (Phi) is 3.46. The highest BCUT2D eigenvalue weighted by Crippen LogP contribution is 2.66. The second-order valence-corrected chi connectivity index (χ2v) is 8.38. The van der Waals surface area contributed by atoms with Crippen molar-refractivity contribution in [2.75, 3.05) is 0 Å². The number of terminal acetylenes is 1. The fourth-order valence-corrected chi connectivity index (χ4v) is 7.08. The molecule has 3 fully saturated rings. The lowest BCUT2D eigenvalue weighted by molar-refractivity contribution is -0.0993. The molecule has 0 radical (unpaired) electrons. The maximum atomic E-state index is 11.1. The zero-order chi connectivity index (χ0) is 15.4. The van der Waals surface area contributed by atoms with Crippen molar-refractivity contribution in [3.8, 4) is 12.3 Å². The minimum absolute atomic E-state index is 0.0127. The summed E-state index contributed by atoms with van der Waals surface area (Å²) in [6, 6.07) is 0. The van der Waals surface area contributed by atoms with Gasteiger partial charge in [-0.1, -0.05) is 24.5 Å². The van der Waals surface area contributed by atoms with Crippen molar-refractivity contribution in [2.24, 2.45) is 29.1 Å². The number of aliphatic hydroxyl groups is 1. The molecule has 0 amide bonds. The van der Waals surface area contributed by atoms with E-state index >= 15 is 0 Å². The van der Waals surface area contributed by atoms with E-state index in [1.807, 2.05) is 0 Å². The third-order valence-electron chi connectivity index (χ3n) is 8.10. The second-order valence-electron chi connectivity index (χ2n) is 8.38. The van der Waals surface area contributed by atoms with Crippen LogP contribution in [0.5, 0.6) is 0 Å². The van der Waals surface area contributed by atoms with Gasteiger partial charge < -0.3 is 5.11 Å². The fourth-order valence-electron chi connectivity index (χ4n) is 7.08. The summed E-state index contributed by atoms with van der Waals surface area (Å²) in [5.41, 5.74) is 0.959. The minimum atomic E-state index is -0.833. The standard InChI is InChI=1S/C21H30O/c1-3-20-13-11-17-16-8-6-5-7-15(16)9-10-18(17)19(20)12-14-21(20,22)4-2/h2,7,16-19,22H,3,5-6,8-14H2,1H3/t16-,17+,18-,19-,20-,21-/m1/s1. The van der Waals surface area contributed by atoms with E-state index in [2.05, 4.69) is 18.9 Å². The van der Waals surface area contributed by atoms with Crippen molar-refractivity contribution in [1.82, 2.24) is 0 Å². The summed E-state index contributed by atoms with van der Waals surface area (Å²) in [4.78, 5) is 0. The molecule has 0 spiro atoms. The van der Waals surface area contributed by atoms with Crippen molar-refractivity contribution in [1.29, 1.82) is 0 Å². The number of hydrogen-bond acceptors (Lipinski definition) is 1. The van der Waals surface area contributed by atoms with Crippen molar-refractivity contribution in [2.45, 2.75) is 76.7 Å². The quantitative estimate of drug-likeness (QED) is 0.549. The maximum Gasteiger partial charge on any atom is 0.131 e. The molecule has 22 heavy (non-hydrogen) atoms. The van der Waals surface area contributed by atoms with Crippen LogP contribution in [0.4, 0.5) is 0 Å². The maximum absolute atomic E-state index is 11.1. The normalized spacial score (nSPS) is 50.3. The molecule has 0 unspecified atom stereocenters. The van der Waals surface area contributed by atoms with Gasteiger partial charge in [0.05, 0.1) is 0 Å². The third-order valence-corrected chi connectivity index (χ3v) is 8.10. The van der Waals surface area contributed by atoms with Crippen LogP contribution in [0.1, 0.15) is 71.1 Å². The van der Waals surface area contributed by atoms with Gasteiger partial charge in [0.25, 0.3) is 0 Å². The van der Waals surface area contributed by atoms with Crippen LogP contribution in [0.25, 0.3) is 0 Å². The van der Waals surface area contributed by atoms with Crippen LogP contribution in [0, 0.1) is 41.4 Å². The Labute approximate surface area is 135 Å². The van der Waals surface area contributed by atoms with Crippen LogP contribution >= 0.6 is 0 Å². The predicted octanol–water partition coefficient (Wildman–Crippen LogP) is 4.70. The Morgan fingerprint density at radius 2 is 2.09 bits per heavy atom. The molecule has 1 heteroatoms. The van der Waals surface area contributed by atoms with Crippen LogP contribution in [-0.4, -0.2) is 10.7 Å². The first-order valence-electron chi connectivity index (χ1n) is 9.54. The van der Waals surface area contributed by atoms with Gasteiger partial charge in [-0.3, -0.25) is 0 Å². The van der Waals surface area contributed by atoms with Gasteiger partial charge in [0, 0.05) is 5.41 Å². The van der Waals surface area contributed by atoms with Crippen LogP contribution in [0.3, 0.4) is 0 Å². The number of hydrogen-bond donors (Lipinski definition) is 1. The van der Waals surface area contributed by atoms with Gasteiger partial charge in [-0.2, -0.15) is 0 Å². The SMILES string of the molecule is C#C[C@@]1(O)CC[C@@H]2[C@@H]3CCC4=CCCC[C@H]4[C@@H]3CC[C@]21CC. The molecule has 3 saturated carbocycles. The largest absolute Gasteiger partial charge is 0.377 e. The Morgan fingerprint density at radius 3 is 2.86 bits per heavy atom. The van der Waals surface area contributed by atoms with E-state index < -0.39 is 5.60 Å². The zero-order valence-electron chi connectivity index (χ0n) is 14.0. The monoisotopic (exact) mass is 298 g/mol. The zero-order valence-corrected chi connectivity index (χ0v) is 14.0. The lowest BCUT2D eigenvalue weighted by Gasteiger charge is -2.56. The first-order chi connectivity index (χ1) is 10.6. The summed E-state index contributed by atoms with van der Waals surface area (Å²) in [6.45, 7) is 2.26. The number of fused-ring (bicyclic) bond motifs is 5. The molecule has 120 valence electrons. The summed E-state index contributed by atoms with van der Waals surface area (Å²) >= 11 is 0. The van der Waals surface area contributed by atoms with Gasteiger partial charge in [-0.05, 0) is 87.9 Å². The van der Waals surface area contributed by atoms with Crippen molar-refractivity contribution < 1.29 is 5.11 Å². The highest BCUT2D eigenvalue weighted by atomic mass is 16.3. The van der Waals surface area contributed by atoms with E-state index in [-0.39, 0.29) is 5.41 Å². The Morgan fingerprint density at radius 1 is 1.23 bits per heavy atom. The molecule has 1 N–H and O–H groups in total. The van der Waals surface area contributed by atoms with Gasteiger partial charge in [0.2, 0.25) is 0 Å². The molecule has 0 aliphatic heterocycles. The molecule has 0 saturated heterocycles. The van der Waals surface area contributed by atoms with Crippen LogP contribution in [-0.2, 0) is 0 Å². The predicted molar refractivity (Wildman–Crippen MR) is 90.1 cm³/mol. The summed E-state index contributed by atoms with van der Waals surface area (Å²) in [7, 11) is 0. The Balaban J connectivity index is 1.68. The van der Waals surface area contributed by atoms with E-state index in [1.54, 1.807) is 5.57 Å². The first kappa shape index (κ1) is 14.8. The molecule has 4 aliphatic carbocycles. The smallest absolute Gasteiger partial charge is 0.131 e. The molecule has 1 nitrogen and oxygen atoms in total. The fraction of sp³-hybridized carbons (Fsp3) is 0.810. The second kappa shape index (κ2) is 5.13. The summed E-state index contributed by atoms with van der Waals surface area (Å²) in [5, 5.41) is 11.1. The van der Waals surface area contributed by atoms with Crippen molar-refractivity contribution in [3.63, 3.8) is 0 Å². The average molecular weight is 298 g/mol. The van der Waals surface area contributed by atoms with Crippen molar-refractivity contribution in [3.05, 3.63) is 11.6 Å². The van der Waals surface area contributed by atoms with E-state index in [0.717, 1.165) is 43.4 Å². The molecule has 0 aromatic rings. The van der Waals surface area contributed by atoms with E-state index in [1.165, 1.54) is 38.5 Å². The molecular formula is C21H30O. The summed E-state index contributed by atoms with van der Waals surface area (Å²) in [5.74, 6) is 6.05. The molecule has 6 atom stereocenters. The Hall–Kier alpha value is -0.740. The molecule has 0 bridgehead atoms. The lowest BCUT2D eigenvalue weighted by atomic mass is 9.49. The summed E-state index contributed by atoms with van der Waals surface area (Å²) in [6.07, 6.45) is 20.6. The van der Waals surface area contributed by atoms with Gasteiger partial charge in [-0.25, -0.2) is 0 Å². The number of allylic oxidation sites excluding steroid dienone is 2. The van der Waals surface area contributed by atoms with Crippen LogP contribution < -0.4 is 0 Å². The van der Waals surface area contributed by atoms with Gasteiger partial charge >= 0.3 is 0 Å². The molecule has 0 aromatic heterocycles. The van der Waals surface area contributed by atoms with E-state index in [0.29, 0.717) is 5.92 Å². The molecule has 0 heterocycles. The first-order valence-corrected chi connectivity index (χ1v) is 9.54. The topological polar surface area (TPSA) is 20.2 Å². The molecular weight excluding hydrogens is 268 g/mol. The van der Waals surface area contributed by atoms with Gasteiger partial charge in [0.1, 0.15) is 5.60 Å². The van der Waals surface area contributed by atoms with Crippen LogP contribution in [0.2, 0.25) is 0 Å². The van der Waals surface area contributed by atoms with E-state index in [4.69, 9.17) is 6.42 Å². The van der Waals surface area contributed by atoms with Gasteiger partial charge in [-0.15, -0.1) is 6.42 Å². The van der Waals surface area contributed by atoms with Crippen molar-refractivity contribution >= 4 is 0 Å². The lowest BCUT2D eigenvalue weighted by Crippen LogP contribution is -2.53. The Bertz CT molecular complexity index is 527. The number of rotatable bonds is 1. The highest BCUT2D eigenvalue weighted by molar-refractivity contribution is 5.26. The van der Waals surface area contributed by atoms with Crippen LogP contribution in [0.15, 0.2) is 11.6 Å². The third kappa shape index (κ3) is 1.77. The minimum Gasteiger partial charge on any atom is -0.377 e. The average Bonchev–Trinajstić information content (AvgIpc) is 2.89. The highest BCUT2D eigenvalue weighted by Gasteiger charge is 2.63.